The van der Waals surface area contributed by atoms with Gasteiger partial charge in [-0.2, -0.15) is 0 Å². The highest BCUT2D eigenvalue weighted by Gasteiger charge is 2.35. The van der Waals surface area contributed by atoms with Crippen molar-refractivity contribution in [3.63, 3.8) is 0 Å². The predicted molar refractivity (Wildman–Crippen MR) is 40.7 cm³/mol. The second-order valence-corrected chi connectivity index (χ2v) is 4.76. The van der Waals surface area contributed by atoms with Crippen LogP contribution in [0, 0.1) is 0 Å². The maximum Gasteiger partial charge on any atom is 0.321 e. The third-order valence-corrected chi connectivity index (χ3v) is 3.23. The number of hydrogen-bond donors (Lipinski definition) is 1. The summed E-state index contributed by atoms with van der Waals surface area (Å²) in [6, 6.07) is 0. The van der Waals surface area contributed by atoms with Crippen LogP contribution < -0.4 is 0 Å². The van der Waals surface area contributed by atoms with Crippen LogP contribution in [0.25, 0.3) is 0 Å². The highest BCUT2D eigenvalue weighted by molar-refractivity contribution is 7.87. The Morgan fingerprint density at radius 3 is 2.25 bits per heavy atom. The molecule has 0 aliphatic carbocycles. The lowest BCUT2D eigenvalue weighted by molar-refractivity contribution is -0.139. The maximum atomic E-state index is 11.7. The van der Waals surface area contributed by atoms with E-state index >= 15 is 0 Å². The maximum absolute atomic E-state index is 11.7. The molecule has 1 N–H and O–H groups in total. The highest BCUT2D eigenvalue weighted by Crippen LogP contribution is 2.15. The quantitative estimate of drug-likeness (QED) is 0.732. The lowest BCUT2D eigenvalue weighted by Crippen LogP contribution is -2.38. The van der Waals surface area contributed by atoms with E-state index in [9.17, 15) is 17.8 Å². The van der Waals surface area contributed by atoms with E-state index in [4.69, 9.17) is 5.11 Å². The smallest absolute Gasteiger partial charge is 0.321 e. The lowest BCUT2D eigenvalue weighted by atomic mass is 10.2. The summed E-state index contributed by atoms with van der Waals surface area (Å²) >= 11 is 0. The van der Waals surface area contributed by atoms with E-state index < -0.39 is 33.7 Å². The Kier molecular flexibility index (Phi) is 3.76. The molecule has 0 bridgehead atoms. The molecule has 0 aliphatic rings. The van der Waals surface area contributed by atoms with Gasteiger partial charge in [0.05, 0.1) is 5.75 Å². The van der Waals surface area contributed by atoms with Crippen LogP contribution >= 0.6 is 0 Å². The summed E-state index contributed by atoms with van der Waals surface area (Å²) in [7, 11) is -2.04. The molecule has 0 spiro atoms. The van der Waals surface area contributed by atoms with Gasteiger partial charge in [0.1, 0.15) is 4.75 Å². The van der Waals surface area contributed by atoms with Gasteiger partial charge >= 0.3 is 5.97 Å². The zero-order chi connectivity index (χ0) is 9.94. The van der Waals surface area contributed by atoms with Crippen LogP contribution in [0.15, 0.2) is 0 Å². The zero-order valence-corrected chi connectivity index (χ0v) is 7.53. The van der Waals surface area contributed by atoms with E-state index in [-0.39, 0.29) is 0 Å². The normalized spacial score (nSPS) is 14.8. The third kappa shape index (κ3) is 2.84. The molecule has 0 saturated heterocycles. The fourth-order valence-electron chi connectivity index (χ4n) is 0.420. The minimum Gasteiger partial charge on any atom is -0.480 e. The summed E-state index contributed by atoms with van der Waals surface area (Å²) in [5.41, 5.74) is 0. The van der Waals surface area contributed by atoms with Crippen molar-refractivity contribution in [1.29, 1.82) is 0 Å². The van der Waals surface area contributed by atoms with Crippen LogP contribution in [0.5, 0.6) is 0 Å². The summed E-state index contributed by atoms with van der Waals surface area (Å²) in [6.07, 6.45) is -2.73. The molecule has 0 fully saturated rings. The van der Waals surface area contributed by atoms with E-state index in [1.165, 1.54) is 0 Å². The van der Waals surface area contributed by atoms with Crippen LogP contribution in [-0.2, 0) is 15.6 Å². The Morgan fingerprint density at radius 2 is 2.00 bits per heavy atom. The molecule has 0 rings (SSSR count). The van der Waals surface area contributed by atoms with Crippen LogP contribution in [0.1, 0.15) is 13.8 Å². The first-order chi connectivity index (χ1) is 5.28. The molecular weight excluding hydrogens is 190 g/mol. The second kappa shape index (κ2) is 3.93. The Balaban J connectivity index is 4.36. The molecule has 0 heterocycles. The number of rotatable bonds is 4. The van der Waals surface area contributed by atoms with Gasteiger partial charge in [-0.1, -0.05) is 0 Å². The van der Waals surface area contributed by atoms with E-state index in [2.05, 4.69) is 0 Å². The number of hydrogen-bond acceptors (Lipinski definition) is 2. The van der Waals surface area contributed by atoms with Crippen molar-refractivity contribution in [2.45, 2.75) is 25.0 Å². The lowest BCUT2D eigenvalue weighted by Gasteiger charge is -2.17. The number of alkyl halides is 2. The summed E-state index contributed by atoms with van der Waals surface area (Å²) in [5, 5.41) is 8.49. The molecule has 0 aromatic carbocycles. The Bertz CT molecular complexity index is 203. The first-order valence-electron chi connectivity index (χ1n) is 3.18. The SMILES string of the molecule is CC(C)(C(=O)O)S(=O)CC(F)F. The van der Waals surface area contributed by atoms with E-state index in [0.717, 1.165) is 13.8 Å². The van der Waals surface area contributed by atoms with Crippen molar-refractivity contribution in [3.8, 4) is 0 Å². The minimum absolute atomic E-state index is 0.890. The van der Waals surface area contributed by atoms with E-state index in [0.29, 0.717) is 0 Å². The fraction of sp³-hybridized carbons (Fsp3) is 0.833. The number of aliphatic carboxylic acids is 1. The van der Waals surface area contributed by atoms with Gasteiger partial charge in [0.15, 0.2) is 0 Å². The molecule has 1 atom stereocenters. The van der Waals surface area contributed by atoms with Gasteiger partial charge in [-0.15, -0.1) is 0 Å². The van der Waals surface area contributed by atoms with Crippen molar-refractivity contribution in [2.24, 2.45) is 0 Å². The van der Waals surface area contributed by atoms with Crippen LogP contribution in [-0.4, -0.2) is 32.2 Å². The monoisotopic (exact) mass is 200 g/mol. The van der Waals surface area contributed by atoms with Gasteiger partial charge in [0, 0.05) is 10.8 Å². The average Bonchev–Trinajstić information content (AvgIpc) is 1.85. The van der Waals surface area contributed by atoms with E-state index in [1.807, 2.05) is 0 Å². The average molecular weight is 200 g/mol. The molecule has 0 saturated carbocycles. The number of carboxylic acid groups (broad SMARTS) is 1. The number of carbonyl (C=O) groups is 1. The minimum atomic E-state index is -2.73. The van der Waals surface area contributed by atoms with Gasteiger partial charge in [-0.3, -0.25) is 9.00 Å². The predicted octanol–water partition coefficient (Wildman–Crippen LogP) is 0.863. The highest BCUT2D eigenvalue weighted by atomic mass is 32.2. The van der Waals surface area contributed by atoms with Crippen LogP contribution in [0.4, 0.5) is 8.78 Å². The zero-order valence-electron chi connectivity index (χ0n) is 6.71. The number of carboxylic acids is 1. The van der Waals surface area contributed by atoms with Gasteiger partial charge in [0.2, 0.25) is 6.43 Å². The molecule has 3 nitrogen and oxygen atoms in total. The first-order valence-corrected chi connectivity index (χ1v) is 4.50. The summed E-state index contributed by atoms with van der Waals surface area (Å²) in [4.78, 5) is 10.4. The second-order valence-electron chi connectivity index (χ2n) is 2.72. The molecule has 0 aromatic heterocycles. The Labute approximate surface area is 71.2 Å². The standard InChI is InChI=1S/C6H10F2O3S/c1-6(2,5(9)10)12(11)3-4(7)8/h4H,3H2,1-2H3,(H,9,10). The Hall–Kier alpha value is -0.520. The summed E-state index contributed by atoms with van der Waals surface area (Å²) in [6.45, 7) is 2.32. The summed E-state index contributed by atoms with van der Waals surface area (Å²) < 4.78 is 32.8. The van der Waals surface area contributed by atoms with Crippen LogP contribution in [0.2, 0.25) is 0 Å². The van der Waals surface area contributed by atoms with Crippen molar-refractivity contribution in [2.75, 3.05) is 5.75 Å². The van der Waals surface area contributed by atoms with Crippen molar-refractivity contribution in [1.82, 2.24) is 0 Å². The Morgan fingerprint density at radius 1 is 1.58 bits per heavy atom. The molecule has 0 aliphatic heterocycles. The van der Waals surface area contributed by atoms with Gasteiger partial charge < -0.3 is 5.11 Å². The van der Waals surface area contributed by atoms with Crippen molar-refractivity contribution < 1.29 is 22.9 Å². The molecule has 12 heavy (non-hydrogen) atoms. The van der Waals surface area contributed by atoms with Crippen molar-refractivity contribution >= 4 is 16.8 Å². The third-order valence-electron chi connectivity index (χ3n) is 1.36. The molecule has 1 unspecified atom stereocenters. The number of halogens is 2. The topological polar surface area (TPSA) is 54.4 Å². The molecule has 0 amide bonds. The summed E-state index contributed by atoms with van der Waals surface area (Å²) in [5.74, 6) is -2.22. The molecule has 0 aromatic rings. The van der Waals surface area contributed by atoms with Gasteiger partial charge in [-0.05, 0) is 13.8 Å². The largest absolute Gasteiger partial charge is 0.480 e. The van der Waals surface area contributed by atoms with Crippen molar-refractivity contribution in [3.05, 3.63) is 0 Å². The molecule has 0 radical (unpaired) electrons. The molecular formula is C6H10F2O3S. The first kappa shape index (κ1) is 11.5. The molecule has 6 heteroatoms. The van der Waals surface area contributed by atoms with Gasteiger partial charge in [0.25, 0.3) is 0 Å². The van der Waals surface area contributed by atoms with Crippen LogP contribution in [0.3, 0.4) is 0 Å². The van der Waals surface area contributed by atoms with Gasteiger partial charge in [-0.25, -0.2) is 8.78 Å². The fourth-order valence-corrected chi connectivity index (χ4v) is 1.26. The van der Waals surface area contributed by atoms with E-state index in [1.54, 1.807) is 0 Å². The molecule has 72 valence electrons.